The van der Waals surface area contributed by atoms with Crippen LogP contribution in [0.4, 0.5) is 0 Å². The first-order chi connectivity index (χ1) is 16.9. The summed E-state index contributed by atoms with van der Waals surface area (Å²) in [6.07, 6.45) is 5.98. The highest BCUT2D eigenvalue weighted by atomic mass is 32.2. The van der Waals surface area contributed by atoms with E-state index in [4.69, 9.17) is 9.47 Å². The average Bonchev–Trinajstić information content (AvgIpc) is 3.31. The van der Waals surface area contributed by atoms with E-state index in [-0.39, 0.29) is 23.8 Å². The third kappa shape index (κ3) is 5.63. The van der Waals surface area contributed by atoms with Crippen LogP contribution in [0, 0.1) is 0 Å². The number of hydrogen-bond acceptors (Lipinski definition) is 9. The van der Waals surface area contributed by atoms with E-state index in [0.717, 1.165) is 36.8 Å². The van der Waals surface area contributed by atoms with Crippen molar-refractivity contribution in [2.45, 2.75) is 73.7 Å². The molecular formula is C24H35N3O6S2. The highest BCUT2D eigenvalue weighted by molar-refractivity contribution is 8.13. The Morgan fingerprint density at radius 1 is 1.26 bits per heavy atom. The molecule has 0 spiro atoms. The lowest BCUT2D eigenvalue weighted by atomic mass is 9.94. The van der Waals surface area contributed by atoms with Gasteiger partial charge in [-0.25, -0.2) is 18.9 Å². The summed E-state index contributed by atoms with van der Waals surface area (Å²) >= 11 is 1.62. The van der Waals surface area contributed by atoms with Gasteiger partial charge in [0.2, 0.25) is 5.23 Å². The van der Waals surface area contributed by atoms with Crippen LogP contribution in [0.5, 0.6) is 5.75 Å². The van der Waals surface area contributed by atoms with Crippen LogP contribution < -0.4 is 10.2 Å². The Kier molecular flexibility index (Phi) is 8.62. The summed E-state index contributed by atoms with van der Waals surface area (Å²) in [7, 11) is -4.02. The van der Waals surface area contributed by atoms with Crippen LogP contribution in [-0.4, -0.2) is 78.5 Å². The van der Waals surface area contributed by atoms with Crippen molar-refractivity contribution in [3.8, 4) is 5.75 Å². The van der Waals surface area contributed by atoms with Crippen LogP contribution in [0.3, 0.4) is 0 Å². The van der Waals surface area contributed by atoms with E-state index in [2.05, 4.69) is 9.89 Å². The average molecular weight is 526 g/mol. The molecule has 3 aliphatic rings. The number of rotatable bonds is 9. The number of piperidine rings is 1. The molecule has 9 nitrogen and oxygen atoms in total. The topological polar surface area (TPSA) is 118 Å². The molecule has 1 aliphatic carbocycles. The normalized spacial score (nSPS) is 24.2. The van der Waals surface area contributed by atoms with Gasteiger partial charge in [0.25, 0.3) is 5.91 Å². The lowest BCUT2D eigenvalue weighted by Crippen LogP contribution is -2.57. The second-order valence-electron chi connectivity index (χ2n) is 9.30. The third-order valence-electron chi connectivity index (χ3n) is 7.25. The molecule has 2 N–H and O–H groups in total. The summed E-state index contributed by atoms with van der Waals surface area (Å²) in [4.78, 5) is 19.4. The van der Waals surface area contributed by atoms with Crippen molar-refractivity contribution < 1.29 is 27.9 Å². The monoisotopic (exact) mass is 525 g/mol. The van der Waals surface area contributed by atoms with Gasteiger partial charge in [0.15, 0.2) is 14.6 Å². The molecular weight excluding hydrogens is 490 g/mol. The SMILES string of the molecule is CCN1CCC(C(=O)NO)(S(=O)(=O)c2ccc(OCCCSC3=NC4CCCCC4O3)cc2)CC1. The highest BCUT2D eigenvalue weighted by Crippen LogP contribution is 2.36. The number of carbonyl (C=O) groups excluding carboxylic acids is 1. The molecule has 1 amide bonds. The maximum absolute atomic E-state index is 13.5. The minimum atomic E-state index is -4.02. The lowest BCUT2D eigenvalue weighted by Gasteiger charge is -2.39. The maximum atomic E-state index is 13.5. The Labute approximate surface area is 211 Å². The molecule has 0 aromatic heterocycles. The molecule has 1 aromatic carbocycles. The Hall–Kier alpha value is -1.82. The summed E-state index contributed by atoms with van der Waals surface area (Å²) < 4.78 is 37.0. The number of ether oxygens (including phenoxy) is 2. The minimum Gasteiger partial charge on any atom is -0.494 e. The zero-order valence-corrected chi connectivity index (χ0v) is 21.8. The number of hydrogen-bond donors (Lipinski definition) is 2. The van der Waals surface area contributed by atoms with E-state index < -0.39 is 20.5 Å². The first-order valence-corrected chi connectivity index (χ1v) is 14.9. The molecule has 35 heavy (non-hydrogen) atoms. The van der Waals surface area contributed by atoms with Gasteiger partial charge in [-0.05, 0) is 69.3 Å². The molecule has 2 heterocycles. The van der Waals surface area contributed by atoms with Crippen molar-refractivity contribution in [2.75, 3.05) is 32.0 Å². The van der Waals surface area contributed by atoms with Crippen molar-refractivity contribution in [1.82, 2.24) is 10.4 Å². The van der Waals surface area contributed by atoms with E-state index >= 15 is 0 Å². The molecule has 194 valence electrons. The number of hydroxylamine groups is 1. The van der Waals surface area contributed by atoms with E-state index in [1.54, 1.807) is 29.4 Å². The molecule has 2 unspecified atom stereocenters. The number of likely N-dealkylation sites (tertiary alicyclic amines) is 1. The van der Waals surface area contributed by atoms with E-state index in [0.29, 0.717) is 31.5 Å². The highest BCUT2D eigenvalue weighted by Gasteiger charge is 2.52. The minimum absolute atomic E-state index is 0.0480. The Morgan fingerprint density at radius 2 is 1.97 bits per heavy atom. The van der Waals surface area contributed by atoms with Gasteiger partial charge in [0.1, 0.15) is 11.9 Å². The third-order valence-corrected chi connectivity index (χ3v) is 10.7. The van der Waals surface area contributed by atoms with E-state index in [9.17, 15) is 18.4 Å². The summed E-state index contributed by atoms with van der Waals surface area (Å²) in [6.45, 7) is 4.21. The number of benzene rings is 1. The van der Waals surface area contributed by atoms with Gasteiger partial charge in [0, 0.05) is 18.8 Å². The van der Waals surface area contributed by atoms with Crippen LogP contribution in [0.15, 0.2) is 34.2 Å². The van der Waals surface area contributed by atoms with Crippen molar-refractivity contribution >= 4 is 32.7 Å². The molecule has 1 saturated carbocycles. The standard InChI is InChI=1S/C24H35N3O6S2/c1-2-27-14-12-24(13-15-27,22(28)26-29)35(30,31)19-10-8-18(9-11-19)32-16-5-17-34-23-25-20-6-3-4-7-21(20)33-23/h8-11,20-21,29H,2-7,12-17H2,1H3,(H,26,28). The molecule has 2 aliphatic heterocycles. The van der Waals surface area contributed by atoms with Gasteiger partial charge >= 0.3 is 0 Å². The van der Waals surface area contributed by atoms with Gasteiger partial charge < -0.3 is 14.4 Å². The fourth-order valence-electron chi connectivity index (χ4n) is 5.03. The molecule has 0 bridgehead atoms. The number of thioether (sulfide) groups is 1. The molecule has 2 fully saturated rings. The summed E-state index contributed by atoms with van der Waals surface area (Å²) in [6, 6.07) is 6.50. The second-order valence-corrected chi connectivity index (χ2v) is 12.6. The number of fused-ring (bicyclic) bond motifs is 1. The van der Waals surface area contributed by atoms with Gasteiger partial charge in [-0.15, -0.1) is 0 Å². The van der Waals surface area contributed by atoms with Gasteiger partial charge in [0.05, 0.1) is 17.5 Å². The number of nitrogens with zero attached hydrogens (tertiary/aromatic N) is 2. The second kappa shape index (κ2) is 11.5. The van der Waals surface area contributed by atoms with E-state index in [1.165, 1.54) is 25.0 Å². The summed E-state index contributed by atoms with van der Waals surface area (Å²) in [5, 5.41) is 10.1. The number of aliphatic imine (C=N–C) groups is 1. The predicted molar refractivity (Wildman–Crippen MR) is 135 cm³/mol. The predicted octanol–water partition coefficient (Wildman–Crippen LogP) is 3.02. The fourth-order valence-corrected chi connectivity index (χ4v) is 7.82. The summed E-state index contributed by atoms with van der Waals surface area (Å²) in [5.74, 6) is 0.523. The van der Waals surface area contributed by atoms with Crippen molar-refractivity contribution in [3.63, 3.8) is 0 Å². The molecule has 1 saturated heterocycles. The Bertz CT molecular complexity index is 1010. The van der Waals surface area contributed by atoms with Gasteiger partial charge in [-0.1, -0.05) is 25.1 Å². The number of sulfone groups is 1. The number of carbonyl (C=O) groups is 1. The molecule has 1 aromatic rings. The van der Waals surface area contributed by atoms with Gasteiger partial charge in [-0.2, -0.15) is 0 Å². The first kappa shape index (κ1) is 26.2. The molecule has 11 heteroatoms. The van der Waals surface area contributed by atoms with Crippen LogP contribution in [0.1, 0.15) is 51.9 Å². The Morgan fingerprint density at radius 3 is 2.63 bits per heavy atom. The fraction of sp³-hybridized carbons (Fsp3) is 0.667. The largest absolute Gasteiger partial charge is 0.494 e. The van der Waals surface area contributed by atoms with Crippen molar-refractivity contribution in [1.29, 1.82) is 0 Å². The molecule has 2 atom stereocenters. The first-order valence-electron chi connectivity index (χ1n) is 12.4. The van der Waals surface area contributed by atoms with Crippen molar-refractivity contribution in [2.24, 2.45) is 4.99 Å². The molecule has 4 rings (SSSR count). The smallest absolute Gasteiger partial charge is 0.265 e. The zero-order chi connectivity index (χ0) is 24.9. The van der Waals surface area contributed by atoms with Crippen LogP contribution in [0.2, 0.25) is 0 Å². The Balaban J connectivity index is 1.29. The van der Waals surface area contributed by atoms with Crippen LogP contribution >= 0.6 is 11.8 Å². The van der Waals surface area contributed by atoms with E-state index in [1.807, 2.05) is 6.92 Å². The maximum Gasteiger partial charge on any atom is 0.265 e. The van der Waals surface area contributed by atoms with Crippen molar-refractivity contribution in [3.05, 3.63) is 24.3 Å². The zero-order valence-electron chi connectivity index (χ0n) is 20.1. The lowest BCUT2D eigenvalue weighted by molar-refractivity contribution is -0.133. The summed E-state index contributed by atoms with van der Waals surface area (Å²) in [5.41, 5.74) is 1.59. The number of amides is 1. The quantitative estimate of drug-likeness (QED) is 0.287. The number of nitrogens with one attached hydrogen (secondary N) is 1. The molecule has 0 radical (unpaired) electrons. The van der Waals surface area contributed by atoms with Crippen LogP contribution in [0.25, 0.3) is 0 Å². The van der Waals surface area contributed by atoms with Crippen LogP contribution in [-0.2, 0) is 19.4 Å². The van der Waals surface area contributed by atoms with Gasteiger partial charge in [-0.3, -0.25) is 10.0 Å².